The van der Waals surface area contributed by atoms with Gasteiger partial charge in [0.25, 0.3) is 0 Å². The highest BCUT2D eigenvalue weighted by Crippen LogP contribution is 2.33. The molecule has 0 aliphatic carbocycles. The average Bonchev–Trinajstić information content (AvgIpc) is 2.37. The maximum absolute atomic E-state index is 13.5. The van der Waals surface area contributed by atoms with E-state index >= 15 is 0 Å². The standard InChI is InChI=1S/C13H17BrFNO/c1-16-13(9-4-3-7-17-8-9)10-5-2-6-11(15)12(10)14/h2,5-6,9,13,16H,3-4,7-8H2,1H3. The van der Waals surface area contributed by atoms with Crippen molar-refractivity contribution in [3.63, 3.8) is 0 Å². The Morgan fingerprint density at radius 2 is 2.35 bits per heavy atom. The first-order valence-electron chi connectivity index (χ1n) is 5.93. The lowest BCUT2D eigenvalue weighted by Gasteiger charge is -2.31. The molecule has 0 amide bonds. The van der Waals surface area contributed by atoms with Crippen LogP contribution in [0.2, 0.25) is 0 Å². The van der Waals surface area contributed by atoms with Gasteiger partial charge in [0.1, 0.15) is 5.82 Å². The molecule has 1 heterocycles. The zero-order chi connectivity index (χ0) is 12.3. The fourth-order valence-electron chi connectivity index (χ4n) is 2.43. The Morgan fingerprint density at radius 1 is 1.53 bits per heavy atom. The summed E-state index contributed by atoms with van der Waals surface area (Å²) in [5.41, 5.74) is 0.975. The van der Waals surface area contributed by atoms with Gasteiger partial charge in [-0.1, -0.05) is 12.1 Å². The zero-order valence-corrected chi connectivity index (χ0v) is 11.5. The van der Waals surface area contributed by atoms with Gasteiger partial charge in [-0.15, -0.1) is 0 Å². The summed E-state index contributed by atoms with van der Waals surface area (Å²) >= 11 is 3.33. The lowest BCUT2D eigenvalue weighted by Crippen LogP contribution is -2.31. The molecule has 1 aromatic rings. The molecule has 1 aliphatic heterocycles. The molecule has 0 saturated carbocycles. The van der Waals surface area contributed by atoms with E-state index in [0.717, 1.165) is 31.6 Å². The van der Waals surface area contributed by atoms with E-state index in [1.807, 2.05) is 13.1 Å². The predicted octanol–water partition coefficient (Wildman–Crippen LogP) is 3.28. The van der Waals surface area contributed by atoms with E-state index in [2.05, 4.69) is 21.2 Å². The normalized spacial score (nSPS) is 22.4. The quantitative estimate of drug-likeness (QED) is 0.925. The molecule has 94 valence electrons. The van der Waals surface area contributed by atoms with Gasteiger partial charge in [0.15, 0.2) is 0 Å². The van der Waals surface area contributed by atoms with Gasteiger partial charge in [-0.3, -0.25) is 0 Å². The fourth-order valence-corrected chi connectivity index (χ4v) is 2.95. The zero-order valence-electron chi connectivity index (χ0n) is 9.88. The van der Waals surface area contributed by atoms with E-state index in [-0.39, 0.29) is 11.9 Å². The summed E-state index contributed by atoms with van der Waals surface area (Å²) in [6.45, 7) is 1.59. The maximum atomic E-state index is 13.5. The first-order valence-corrected chi connectivity index (χ1v) is 6.72. The lowest BCUT2D eigenvalue weighted by molar-refractivity contribution is 0.0400. The number of nitrogens with one attached hydrogen (secondary N) is 1. The molecule has 1 fully saturated rings. The van der Waals surface area contributed by atoms with Crippen molar-refractivity contribution in [2.24, 2.45) is 5.92 Å². The fraction of sp³-hybridized carbons (Fsp3) is 0.538. The van der Waals surface area contributed by atoms with Crippen LogP contribution in [0.3, 0.4) is 0 Å². The topological polar surface area (TPSA) is 21.3 Å². The van der Waals surface area contributed by atoms with Crippen LogP contribution in [-0.2, 0) is 4.74 Å². The maximum Gasteiger partial charge on any atom is 0.137 e. The second-order valence-corrected chi connectivity index (χ2v) is 5.18. The van der Waals surface area contributed by atoms with E-state index in [1.165, 1.54) is 6.07 Å². The molecule has 2 rings (SSSR count). The number of ether oxygens (including phenoxy) is 1. The van der Waals surface area contributed by atoms with Gasteiger partial charge >= 0.3 is 0 Å². The third-order valence-corrected chi connectivity index (χ3v) is 4.13. The SMILES string of the molecule is CNC(c1cccc(F)c1Br)C1CCCOC1. The van der Waals surface area contributed by atoms with Crippen LogP contribution in [0.1, 0.15) is 24.4 Å². The summed E-state index contributed by atoms with van der Waals surface area (Å²) in [7, 11) is 1.91. The average molecular weight is 302 g/mol. The Bertz CT molecular complexity index is 380. The van der Waals surface area contributed by atoms with E-state index in [4.69, 9.17) is 4.74 Å². The molecular weight excluding hydrogens is 285 g/mol. The lowest BCUT2D eigenvalue weighted by atomic mass is 9.89. The van der Waals surface area contributed by atoms with Crippen molar-refractivity contribution in [3.8, 4) is 0 Å². The smallest absolute Gasteiger partial charge is 0.137 e. The molecule has 1 saturated heterocycles. The predicted molar refractivity (Wildman–Crippen MR) is 69.4 cm³/mol. The second-order valence-electron chi connectivity index (χ2n) is 4.39. The third kappa shape index (κ3) is 2.87. The number of hydrogen-bond donors (Lipinski definition) is 1. The largest absolute Gasteiger partial charge is 0.381 e. The van der Waals surface area contributed by atoms with Crippen LogP contribution >= 0.6 is 15.9 Å². The van der Waals surface area contributed by atoms with Crippen molar-refractivity contribution in [1.29, 1.82) is 0 Å². The first-order chi connectivity index (χ1) is 8.24. The minimum Gasteiger partial charge on any atom is -0.381 e. The highest BCUT2D eigenvalue weighted by molar-refractivity contribution is 9.10. The Balaban J connectivity index is 2.24. The molecule has 2 atom stereocenters. The number of benzene rings is 1. The highest BCUT2D eigenvalue weighted by Gasteiger charge is 2.26. The van der Waals surface area contributed by atoms with Crippen LogP contribution in [0.15, 0.2) is 22.7 Å². The summed E-state index contributed by atoms with van der Waals surface area (Å²) < 4.78 is 19.6. The monoisotopic (exact) mass is 301 g/mol. The van der Waals surface area contributed by atoms with Crippen LogP contribution in [0.5, 0.6) is 0 Å². The van der Waals surface area contributed by atoms with E-state index in [0.29, 0.717) is 10.4 Å². The molecule has 2 nitrogen and oxygen atoms in total. The first kappa shape index (κ1) is 13.0. The molecule has 0 aromatic heterocycles. The van der Waals surface area contributed by atoms with Crippen LogP contribution in [0, 0.1) is 11.7 Å². The molecular formula is C13H17BrFNO. The van der Waals surface area contributed by atoms with E-state index < -0.39 is 0 Å². The van der Waals surface area contributed by atoms with Crippen LogP contribution < -0.4 is 5.32 Å². The minimum atomic E-state index is -0.209. The molecule has 1 aromatic carbocycles. The van der Waals surface area contributed by atoms with E-state index in [9.17, 15) is 4.39 Å². The molecule has 1 N–H and O–H groups in total. The Morgan fingerprint density at radius 3 is 3.00 bits per heavy atom. The van der Waals surface area contributed by atoms with Crippen LogP contribution in [0.25, 0.3) is 0 Å². The Kier molecular flexibility index (Phi) is 4.54. The number of rotatable bonds is 3. The molecule has 0 spiro atoms. The van der Waals surface area contributed by atoms with Crippen LogP contribution in [0.4, 0.5) is 4.39 Å². The second kappa shape index (κ2) is 5.94. The molecule has 17 heavy (non-hydrogen) atoms. The van der Waals surface area contributed by atoms with Crippen molar-refractivity contribution in [1.82, 2.24) is 5.32 Å². The van der Waals surface area contributed by atoms with Gasteiger partial charge in [-0.2, -0.15) is 0 Å². The van der Waals surface area contributed by atoms with Gasteiger partial charge in [0, 0.05) is 18.6 Å². The van der Waals surface area contributed by atoms with Gasteiger partial charge in [-0.25, -0.2) is 4.39 Å². The number of hydrogen-bond acceptors (Lipinski definition) is 2. The molecule has 0 bridgehead atoms. The molecule has 0 radical (unpaired) electrons. The summed E-state index contributed by atoms with van der Waals surface area (Å²) in [5, 5.41) is 3.28. The van der Waals surface area contributed by atoms with Crippen molar-refractivity contribution in [2.75, 3.05) is 20.3 Å². The highest BCUT2D eigenvalue weighted by atomic mass is 79.9. The van der Waals surface area contributed by atoms with Crippen molar-refractivity contribution in [2.45, 2.75) is 18.9 Å². The summed E-state index contributed by atoms with van der Waals surface area (Å²) in [5.74, 6) is 0.200. The molecule has 2 unspecified atom stereocenters. The van der Waals surface area contributed by atoms with Gasteiger partial charge in [0.05, 0.1) is 11.1 Å². The Labute approximate surface area is 110 Å². The minimum absolute atomic E-state index is 0.139. The number of halogens is 2. The van der Waals surface area contributed by atoms with Crippen LogP contribution in [-0.4, -0.2) is 20.3 Å². The summed E-state index contributed by atoms with van der Waals surface area (Å²) in [6.07, 6.45) is 2.20. The van der Waals surface area contributed by atoms with Crippen molar-refractivity contribution >= 4 is 15.9 Å². The van der Waals surface area contributed by atoms with Gasteiger partial charge in [-0.05, 0) is 47.4 Å². The molecule has 4 heteroatoms. The Hall–Kier alpha value is -0.450. The van der Waals surface area contributed by atoms with Crippen molar-refractivity contribution in [3.05, 3.63) is 34.1 Å². The van der Waals surface area contributed by atoms with E-state index in [1.54, 1.807) is 6.07 Å². The third-order valence-electron chi connectivity index (χ3n) is 3.29. The summed E-state index contributed by atoms with van der Waals surface area (Å²) in [4.78, 5) is 0. The molecule has 1 aliphatic rings. The van der Waals surface area contributed by atoms with Gasteiger partial charge < -0.3 is 10.1 Å². The summed E-state index contributed by atoms with van der Waals surface area (Å²) in [6, 6.07) is 5.32. The van der Waals surface area contributed by atoms with Crippen molar-refractivity contribution < 1.29 is 9.13 Å². The van der Waals surface area contributed by atoms with Gasteiger partial charge in [0.2, 0.25) is 0 Å².